The van der Waals surface area contributed by atoms with Gasteiger partial charge in [-0.15, -0.1) is 0 Å². The number of piperazine rings is 1. The first-order chi connectivity index (χ1) is 9.13. The first-order valence-electron chi connectivity index (χ1n) is 6.31. The van der Waals surface area contributed by atoms with E-state index in [0.717, 1.165) is 13.1 Å². The number of β-amino-alcohol motifs (C(OH)–C–C–N with tert-alkyl or cyclic N) is 1. The number of aliphatic hydroxyl groups is 1. The quantitative estimate of drug-likeness (QED) is 0.628. The van der Waals surface area contributed by atoms with Crippen LogP contribution < -0.4 is 4.90 Å². The molecule has 0 bridgehead atoms. The maximum Gasteiger partial charge on any atom is 0.314 e. The summed E-state index contributed by atoms with van der Waals surface area (Å²) in [6.07, 6.45) is 1.61. The lowest BCUT2D eigenvalue weighted by molar-refractivity contribution is -0.384. The van der Waals surface area contributed by atoms with E-state index in [2.05, 4.69) is 9.88 Å². The van der Waals surface area contributed by atoms with Gasteiger partial charge in [0.2, 0.25) is 5.82 Å². The van der Waals surface area contributed by atoms with Gasteiger partial charge in [0.05, 0.1) is 11.5 Å². The van der Waals surface area contributed by atoms with E-state index in [1.54, 1.807) is 19.2 Å². The number of pyridine rings is 1. The number of rotatable bonds is 4. The van der Waals surface area contributed by atoms with Gasteiger partial charge in [0, 0.05) is 44.5 Å². The summed E-state index contributed by atoms with van der Waals surface area (Å²) in [6.45, 7) is 5.47. The number of aryl methyl sites for hydroxylation is 1. The van der Waals surface area contributed by atoms with Gasteiger partial charge in [-0.05, 0) is 13.0 Å². The van der Waals surface area contributed by atoms with Gasteiger partial charge in [-0.25, -0.2) is 4.98 Å². The second kappa shape index (κ2) is 5.94. The molecule has 0 spiro atoms. The number of hydrogen-bond acceptors (Lipinski definition) is 6. The van der Waals surface area contributed by atoms with E-state index >= 15 is 0 Å². The highest BCUT2D eigenvalue weighted by atomic mass is 16.6. The molecule has 1 aromatic heterocycles. The molecule has 0 aliphatic carbocycles. The topological polar surface area (TPSA) is 82.7 Å². The largest absolute Gasteiger partial charge is 0.395 e. The van der Waals surface area contributed by atoms with Crippen molar-refractivity contribution >= 4 is 11.5 Å². The Balaban J connectivity index is 2.15. The molecule has 1 fully saturated rings. The molecular weight excluding hydrogens is 248 g/mol. The highest BCUT2D eigenvalue weighted by Gasteiger charge is 2.26. The minimum Gasteiger partial charge on any atom is -0.395 e. The van der Waals surface area contributed by atoms with E-state index in [0.29, 0.717) is 31.0 Å². The minimum absolute atomic E-state index is 0.0955. The number of nitro groups is 1. The van der Waals surface area contributed by atoms with E-state index < -0.39 is 0 Å². The number of nitrogens with zero attached hydrogens (tertiary/aromatic N) is 4. The van der Waals surface area contributed by atoms with Crippen LogP contribution in [0.4, 0.5) is 11.5 Å². The van der Waals surface area contributed by atoms with Crippen LogP contribution in [0.1, 0.15) is 5.56 Å². The number of aliphatic hydroxyl groups excluding tert-OH is 1. The fourth-order valence-corrected chi connectivity index (χ4v) is 2.32. The molecule has 1 aliphatic rings. The lowest BCUT2D eigenvalue weighted by Crippen LogP contribution is -2.47. The third kappa shape index (κ3) is 2.99. The van der Waals surface area contributed by atoms with Crippen LogP contribution in [-0.4, -0.2) is 59.2 Å². The zero-order chi connectivity index (χ0) is 13.8. The summed E-state index contributed by atoms with van der Waals surface area (Å²) in [5, 5.41) is 20.0. The van der Waals surface area contributed by atoms with Crippen LogP contribution >= 0.6 is 0 Å². The summed E-state index contributed by atoms with van der Waals surface area (Å²) in [5.41, 5.74) is 0.728. The third-order valence-corrected chi connectivity index (χ3v) is 3.38. The number of anilines is 1. The molecule has 7 heteroatoms. The van der Waals surface area contributed by atoms with Gasteiger partial charge < -0.3 is 10.0 Å². The first kappa shape index (κ1) is 13.7. The van der Waals surface area contributed by atoms with Crippen LogP contribution in [0.3, 0.4) is 0 Å². The molecule has 0 amide bonds. The Morgan fingerprint density at radius 3 is 2.68 bits per heavy atom. The van der Waals surface area contributed by atoms with E-state index in [-0.39, 0.29) is 17.2 Å². The summed E-state index contributed by atoms with van der Waals surface area (Å²) in [5.74, 6) is 0.452. The van der Waals surface area contributed by atoms with Crippen molar-refractivity contribution in [1.29, 1.82) is 0 Å². The molecular formula is C12H18N4O3. The Kier molecular flexibility index (Phi) is 4.28. The Labute approximate surface area is 111 Å². The van der Waals surface area contributed by atoms with Crippen molar-refractivity contribution in [2.75, 3.05) is 44.2 Å². The predicted octanol–water partition coefficient (Wildman–Crippen LogP) is 0.413. The van der Waals surface area contributed by atoms with Crippen molar-refractivity contribution in [3.63, 3.8) is 0 Å². The molecule has 1 saturated heterocycles. The standard InChI is InChI=1S/C12H18N4O3/c1-10-2-3-13-12(11(10)16(18)19)15-6-4-14(5-7-15)8-9-17/h2-3,17H,4-9H2,1H3. The molecule has 19 heavy (non-hydrogen) atoms. The van der Waals surface area contributed by atoms with Crippen molar-refractivity contribution < 1.29 is 10.0 Å². The number of aromatic nitrogens is 1. The van der Waals surface area contributed by atoms with Crippen molar-refractivity contribution in [1.82, 2.24) is 9.88 Å². The minimum atomic E-state index is -0.363. The smallest absolute Gasteiger partial charge is 0.314 e. The molecule has 7 nitrogen and oxygen atoms in total. The van der Waals surface area contributed by atoms with Crippen LogP contribution in [0.15, 0.2) is 12.3 Å². The predicted molar refractivity (Wildman–Crippen MR) is 71.4 cm³/mol. The second-order valence-corrected chi connectivity index (χ2v) is 4.61. The summed E-state index contributed by atoms with van der Waals surface area (Å²) in [4.78, 5) is 19.0. The molecule has 2 heterocycles. The summed E-state index contributed by atoms with van der Waals surface area (Å²) < 4.78 is 0. The summed E-state index contributed by atoms with van der Waals surface area (Å²) >= 11 is 0. The van der Waals surface area contributed by atoms with E-state index in [1.165, 1.54) is 0 Å². The van der Waals surface area contributed by atoms with Crippen LogP contribution in [0.25, 0.3) is 0 Å². The first-order valence-corrected chi connectivity index (χ1v) is 6.31. The highest BCUT2D eigenvalue weighted by molar-refractivity contribution is 5.61. The van der Waals surface area contributed by atoms with Gasteiger partial charge in [0.25, 0.3) is 0 Å². The normalized spacial score (nSPS) is 16.6. The van der Waals surface area contributed by atoms with Crippen LogP contribution in [-0.2, 0) is 0 Å². The number of hydrogen-bond donors (Lipinski definition) is 1. The van der Waals surface area contributed by atoms with E-state index in [1.807, 2.05) is 4.90 Å². The molecule has 0 radical (unpaired) electrons. The highest BCUT2D eigenvalue weighted by Crippen LogP contribution is 2.29. The van der Waals surface area contributed by atoms with Gasteiger partial charge in [-0.2, -0.15) is 0 Å². The Hall–Kier alpha value is -1.73. The Morgan fingerprint density at radius 1 is 1.42 bits per heavy atom. The monoisotopic (exact) mass is 266 g/mol. The fraction of sp³-hybridized carbons (Fsp3) is 0.583. The van der Waals surface area contributed by atoms with Crippen molar-refractivity contribution in [2.24, 2.45) is 0 Å². The lowest BCUT2D eigenvalue weighted by atomic mass is 10.2. The van der Waals surface area contributed by atoms with Crippen LogP contribution in [0.5, 0.6) is 0 Å². The zero-order valence-electron chi connectivity index (χ0n) is 10.9. The third-order valence-electron chi connectivity index (χ3n) is 3.38. The van der Waals surface area contributed by atoms with Crippen molar-refractivity contribution in [3.8, 4) is 0 Å². The summed E-state index contributed by atoms with van der Waals surface area (Å²) in [6, 6.07) is 1.66. The van der Waals surface area contributed by atoms with E-state index in [9.17, 15) is 10.1 Å². The van der Waals surface area contributed by atoms with Crippen LogP contribution in [0.2, 0.25) is 0 Å². The molecule has 1 N–H and O–H groups in total. The second-order valence-electron chi connectivity index (χ2n) is 4.61. The van der Waals surface area contributed by atoms with Gasteiger partial charge in [-0.3, -0.25) is 15.0 Å². The molecule has 0 saturated carbocycles. The zero-order valence-corrected chi connectivity index (χ0v) is 10.9. The average Bonchev–Trinajstić information content (AvgIpc) is 2.39. The maximum atomic E-state index is 11.1. The van der Waals surface area contributed by atoms with Gasteiger partial charge in [0.15, 0.2) is 0 Å². The van der Waals surface area contributed by atoms with Crippen molar-refractivity contribution in [3.05, 3.63) is 27.9 Å². The SMILES string of the molecule is Cc1ccnc(N2CCN(CCO)CC2)c1[N+](=O)[O-]. The molecule has 0 aromatic carbocycles. The van der Waals surface area contributed by atoms with Crippen LogP contribution in [0, 0.1) is 17.0 Å². The van der Waals surface area contributed by atoms with Gasteiger partial charge in [0.1, 0.15) is 0 Å². The Morgan fingerprint density at radius 2 is 2.11 bits per heavy atom. The lowest BCUT2D eigenvalue weighted by Gasteiger charge is -2.34. The molecule has 1 aromatic rings. The molecule has 0 unspecified atom stereocenters. The Bertz CT molecular complexity index is 458. The van der Waals surface area contributed by atoms with Gasteiger partial charge in [-0.1, -0.05) is 0 Å². The molecule has 104 valence electrons. The van der Waals surface area contributed by atoms with Crippen molar-refractivity contribution in [2.45, 2.75) is 6.92 Å². The molecule has 2 rings (SSSR count). The molecule has 1 aliphatic heterocycles. The van der Waals surface area contributed by atoms with Gasteiger partial charge >= 0.3 is 5.69 Å². The average molecular weight is 266 g/mol. The maximum absolute atomic E-state index is 11.1. The molecule has 0 atom stereocenters. The van der Waals surface area contributed by atoms with E-state index in [4.69, 9.17) is 5.11 Å². The summed E-state index contributed by atoms with van der Waals surface area (Å²) in [7, 11) is 0. The fourth-order valence-electron chi connectivity index (χ4n) is 2.32.